The Morgan fingerprint density at radius 3 is 2.50 bits per heavy atom. The van der Waals surface area contributed by atoms with E-state index in [0.29, 0.717) is 35.1 Å². The minimum Gasteiger partial charge on any atom is -0.496 e. The van der Waals surface area contributed by atoms with Crippen LogP contribution in [0.3, 0.4) is 0 Å². The van der Waals surface area contributed by atoms with Crippen LogP contribution in [0.25, 0.3) is 6.08 Å². The number of methoxy groups -OCH3 is 1. The van der Waals surface area contributed by atoms with Gasteiger partial charge in [0.1, 0.15) is 18.1 Å². The van der Waals surface area contributed by atoms with E-state index >= 15 is 0 Å². The molecule has 2 rings (SSSR count). The molecule has 0 bridgehead atoms. The standard InChI is InChI=1S/C22H24ClNO4/c1-15(2)4-11-19-20(27-3)12-7-17(8-13-21(25)24-26)22(19)28-14-16-5-9-18(23)10-6-16/h4-10,12-13,26H,11,14H2,1-3H3,(H,24,25). The van der Waals surface area contributed by atoms with Crippen LogP contribution in [0.15, 0.2) is 54.1 Å². The van der Waals surface area contributed by atoms with E-state index in [1.807, 2.05) is 50.2 Å². The Balaban J connectivity index is 2.44. The maximum Gasteiger partial charge on any atom is 0.267 e. The molecule has 0 fully saturated rings. The number of hydroxylamine groups is 1. The van der Waals surface area contributed by atoms with Crippen LogP contribution in [-0.2, 0) is 17.8 Å². The number of carbonyl (C=O) groups is 1. The molecule has 0 radical (unpaired) electrons. The normalized spacial score (nSPS) is 10.6. The molecule has 0 aliphatic rings. The molecule has 1 amide bonds. The minimum absolute atomic E-state index is 0.333. The lowest BCUT2D eigenvalue weighted by Gasteiger charge is -2.17. The topological polar surface area (TPSA) is 67.8 Å². The monoisotopic (exact) mass is 401 g/mol. The predicted molar refractivity (Wildman–Crippen MR) is 111 cm³/mol. The average Bonchev–Trinajstić information content (AvgIpc) is 2.69. The van der Waals surface area contributed by atoms with E-state index < -0.39 is 5.91 Å². The highest BCUT2D eigenvalue weighted by molar-refractivity contribution is 6.30. The van der Waals surface area contributed by atoms with Gasteiger partial charge in [-0.2, -0.15) is 0 Å². The summed E-state index contributed by atoms with van der Waals surface area (Å²) in [4.78, 5) is 11.4. The zero-order valence-electron chi connectivity index (χ0n) is 16.2. The van der Waals surface area contributed by atoms with Crippen molar-refractivity contribution in [2.24, 2.45) is 0 Å². The van der Waals surface area contributed by atoms with Crippen LogP contribution in [0.5, 0.6) is 11.5 Å². The number of allylic oxidation sites excluding steroid dienone is 2. The number of halogens is 1. The molecule has 0 aliphatic carbocycles. The van der Waals surface area contributed by atoms with E-state index in [1.54, 1.807) is 18.7 Å². The Kier molecular flexibility index (Phi) is 8.11. The van der Waals surface area contributed by atoms with Gasteiger partial charge in [0, 0.05) is 22.2 Å². The summed E-state index contributed by atoms with van der Waals surface area (Å²) in [7, 11) is 1.61. The van der Waals surface area contributed by atoms with Crippen molar-refractivity contribution in [3.8, 4) is 11.5 Å². The van der Waals surface area contributed by atoms with Crippen molar-refractivity contribution < 1.29 is 19.5 Å². The molecular formula is C22H24ClNO4. The van der Waals surface area contributed by atoms with Crippen LogP contribution < -0.4 is 15.0 Å². The fourth-order valence-corrected chi connectivity index (χ4v) is 2.69. The quantitative estimate of drug-likeness (QED) is 0.284. The van der Waals surface area contributed by atoms with Gasteiger partial charge in [0.05, 0.1) is 7.11 Å². The Bertz CT molecular complexity index is 869. The van der Waals surface area contributed by atoms with E-state index in [1.165, 1.54) is 11.6 Å². The molecule has 0 aromatic heterocycles. The summed E-state index contributed by atoms with van der Waals surface area (Å²) in [5.74, 6) is 0.700. The van der Waals surface area contributed by atoms with Gasteiger partial charge < -0.3 is 9.47 Å². The number of hydrogen-bond acceptors (Lipinski definition) is 4. The van der Waals surface area contributed by atoms with Gasteiger partial charge in [0.15, 0.2) is 0 Å². The van der Waals surface area contributed by atoms with Gasteiger partial charge in [-0.3, -0.25) is 10.0 Å². The second-order valence-corrected chi connectivity index (χ2v) is 6.81. The van der Waals surface area contributed by atoms with E-state index in [2.05, 4.69) is 6.08 Å². The zero-order valence-corrected chi connectivity index (χ0v) is 16.9. The lowest BCUT2D eigenvalue weighted by molar-refractivity contribution is -0.124. The highest BCUT2D eigenvalue weighted by Crippen LogP contribution is 2.35. The van der Waals surface area contributed by atoms with E-state index in [0.717, 1.165) is 11.1 Å². The molecule has 2 aromatic rings. The SMILES string of the molecule is COc1ccc(C=CC(=O)NO)c(OCc2ccc(Cl)cc2)c1CC=C(C)C. The van der Waals surface area contributed by atoms with Crippen LogP contribution in [0.4, 0.5) is 0 Å². The summed E-state index contributed by atoms with van der Waals surface area (Å²) in [5, 5.41) is 9.38. The van der Waals surface area contributed by atoms with Crippen LogP contribution in [0.2, 0.25) is 5.02 Å². The third kappa shape index (κ3) is 6.15. The number of nitrogens with one attached hydrogen (secondary N) is 1. The smallest absolute Gasteiger partial charge is 0.267 e. The predicted octanol–water partition coefficient (Wildman–Crippen LogP) is 4.95. The molecule has 2 N–H and O–H groups in total. The second-order valence-electron chi connectivity index (χ2n) is 6.37. The van der Waals surface area contributed by atoms with Crippen LogP contribution in [0.1, 0.15) is 30.5 Å². The molecule has 0 atom stereocenters. The second kappa shape index (κ2) is 10.5. The maximum atomic E-state index is 11.4. The van der Waals surface area contributed by atoms with E-state index in [-0.39, 0.29) is 0 Å². The van der Waals surface area contributed by atoms with Crippen LogP contribution >= 0.6 is 11.6 Å². The van der Waals surface area contributed by atoms with Crippen molar-refractivity contribution >= 4 is 23.6 Å². The minimum atomic E-state index is -0.620. The third-order valence-corrected chi connectivity index (χ3v) is 4.26. The van der Waals surface area contributed by atoms with Gasteiger partial charge in [-0.05, 0) is 56.2 Å². The Morgan fingerprint density at radius 2 is 1.89 bits per heavy atom. The highest BCUT2D eigenvalue weighted by Gasteiger charge is 2.14. The molecule has 2 aromatic carbocycles. The molecule has 0 saturated carbocycles. The highest BCUT2D eigenvalue weighted by atomic mass is 35.5. The lowest BCUT2D eigenvalue weighted by atomic mass is 10.0. The van der Waals surface area contributed by atoms with Crippen molar-refractivity contribution in [3.05, 3.63) is 75.8 Å². The van der Waals surface area contributed by atoms with Crippen LogP contribution in [-0.4, -0.2) is 18.2 Å². The summed E-state index contributed by atoms with van der Waals surface area (Å²) in [6.45, 7) is 4.38. The molecule has 0 saturated heterocycles. The van der Waals surface area contributed by atoms with Gasteiger partial charge in [0.25, 0.3) is 5.91 Å². The van der Waals surface area contributed by atoms with Gasteiger partial charge in [-0.15, -0.1) is 0 Å². The molecule has 6 heteroatoms. The lowest BCUT2D eigenvalue weighted by Crippen LogP contribution is -2.14. The van der Waals surface area contributed by atoms with Crippen molar-refractivity contribution in [2.75, 3.05) is 7.11 Å². The van der Waals surface area contributed by atoms with E-state index in [9.17, 15) is 4.79 Å². The average molecular weight is 402 g/mol. The number of rotatable bonds is 8. The first-order valence-electron chi connectivity index (χ1n) is 8.77. The van der Waals surface area contributed by atoms with Crippen molar-refractivity contribution in [3.63, 3.8) is 0 Å². The van der Waals surface area contributed by atoms with E-state index in [4.69, 9.17) is 26.3 Å². The molecule has 28 heavy (non-hydrogen) atoms. The molecular weight excluding hydrogens is 378 g/mol. The summed E-state index contributed by atoms with van der Waals surface area (Å²) < 4.78 is 11.7. The Morgan fingerprint density at radius 1 is 1.18 bits per heavy atom. The van der Waals surface area contributed by atoms with Gasteiger partial charge >= 0.3 is 0 Å². The number of carbonyl (C=O) groups excluding carboxylic acids is 1. The third-order valence-electron chi connectivity index (χ3n) is 4.00. The first-order valence-corrected chi connectivity index (χ1v) is 9.15. The summed E-state index contributed by atoms with van der Waals surface area (Å²) >= 11 is 5.94. The number of hydrogen-bond donors (Lipinski definition) is 2. The first-order chi connectivity index (χ1) is 13.4. The first kappa shape index (κ1) is 21.5. The zero-order chi connectivity index (χ0) is 20.5. The van der Waals surface area contributed by atoms with Gasteiger partial charge in [-0.1, -0.05) is 35.4 Å². The molecule has 0 heterocycles. The molecule has 0 unspecified atom stereocenters. The number of amides is 1. The van der Waals surface area contributed by atoms with Gasteiger partial charge in [-0.25, -0.2) is 5.48 Å². The summed E-state index contributed by atoms with van der Waals surface area (Å²) in [5.41, 5.74) is 5.30. The fraction of sp³-hybridized carbons (Fsp3) is 0.227. The maximum absolute atomic E-state index is 11.4. The molecule has 5 nitrogen and oxygen atoms in total. The Labute approximate surface area is 170 Å². The van der Waals surface area contributed by atoms with Crippen molar-refractivity contribution in [1.29, 1.82) is 0 Å². The van der Waals surface area contributed by atoms with Crippen molar-refractivity contribution in [1.82, 2.24) is 5.48 Å². The molecule has 0 aliphatic heterocycles. The number of benzene rings is 2. The van der Waals surface area contributed by atoms with Gasteiger partial charge in [0.2, 0.25) is 0 Å². The number of ether oxygens (including phenoxy) is 2. The fourth-order valence-electron chi connectivity index (χ4n) is 2.56. The molecule has 148 valence electrons. The molecule has 0 spiro atoms. The Hall–Kier alpha value is -2.76. The summed E-state index contributed by atoms with van der Waals surface area (Å²) in [6, 6.07) is 11.0. The van der Waals surface area contributed by atoms with Crippen LogP contribution in [0, 0.1) is 0 Å². The summed E-state index contributed by atoms with van der Waals surface area (Å²) in [6.07, 6.45) is 5.53. The van der Waals surface area contributed by atoms with Crippen molar-refractivity contribution in [2.45, 2.75) is 26.9 Å². The largest absolute Gasteiger partial charge is 0.496 e.